The highest BCUT2D eigenvalue weighted by Gasteiger charge is 2.44. The van der Waals surface area contributed by atoms with E-state index in [4.69, 9.17) is 14.2 Å². The molecule has 1 aromatic rings. The second-order valence-electron chi connectivity index (χ2n) is 5.65. The summed E-state index contributed by atoms with van der Waals surface area (Å²) in [6.07, 6.45) is 0.0495. The van der Waals surface area contributed by atoms with Gasteiger partial charge in [-0.3, -0.25) is 14.4 Å². The minimum Gasteiger partial charge on any atom is -0.492 e. The Hall–Kier alpha value is -1.89. The van der Waals surface area contributed by atoms with Gasteiger partial charge in [0.1, 0.15) is 17.5 Å². The molecule has 0 saturated carbocycles. The Kier molecular flexibility index (Phi) is 5.99. The largest absolute Gasteiger partial charge is 0.492 e. The summed E-state index contributed by atoms with van der Waals surface area (Å²) in [7, 11) is 2.54. The summed E-state index contributed by atoms with van der Waals surface area (Å²) in [5, 5.41) is 0. The Morgan fingerprint density at radius 1 is 1.29 bits per heavy atom. The summed E-state index contributed by atoms with van der Waals surface area (Å²) in [6.45, 7) is 1.56. The van der Waals surface area contributed by atoms with Crippen LogP contribution >= 0.6 is 15.9 Å². The van der Waals surface area contributed by atoms with Gasteiger partial charge in [-0.05, 0) is 28.9 Å². The van der Waals surface area contributed by atoms with Gasteiger partial charge in [0, 0.05) is 17.4 Å². The quantitative estimate of drug-likeness (QED) is 0.559. The molecule has 1 aromatic carbocycles. The lowest BCUT2D eigenvalue weighted by Crippen LogP contribution is -2.39. The number of para-hydroxylation sites is 1. The van der Waals surface area contributed by atoms with E-state index in [0.717, 1.165) is 4.47 Å². The number of halogens is 1. The first-order chi connectivity index (χ1) is 11.4. The molecule has 1 heterocycles. The van der Waals surface area contributed by atoms with Crippen LogP contribution < -0.4 is 4.74 Å². The van der Waals surface area contributed by atoms with Crippen LogP contribution in [0.4, 0.5) is 0 Å². The number of Topliss-reactive ketones (excluding diaryl/α,β-unsaturated/α-hetero) is 1. The summed E-state index contributed by atoms with van der Waals surface area (Å²) < 4.78 is 16.1. The van der Waals surface area contributed by atoms with Crippen molar-refractivity contribution in [1.82, 2.24) is 0 Å². The van der Waals surface area contributed by atoms with E-state index >= 15 is 0 Å². The Labute approximate surface area is 148 Å². The maximum absolute atomic E-state index is 12.2. The van der Waals surface area contributed by atoms with Crippen molar-refractivity contribution in [2.45, 2.75) is 19.3 Å². The maximum atomic E-state index is 12.2. The molecule has 24 heavy (non-hydrogen) atoms. The summed E-state index contributed by atoms with van der Waals surface area (Å²) in [5.41, 5.74) is 0.704. The zero-order chi connectivity index (χ0) is 17.9. The van der Waals surface area contributed by atoms with Gasteiger partial charge < -0.3 is 14.2 Å². The van der Waals surface area contributed by atoms with Crippen molar-refractivity contribution < 1.29 is 28.6 Å². The van der Waals surface area contributed by atoms with Crippen LogP contribution in [0.5, 0.6) is 5.75 Å². The summed E-state index contributed by atoms with van der Waals surface area (Å²) in [6, 6.07) is 5.42. The number of fused-ring (bicyclic) bond motifs is 1. The van der Waals surface area contributed by atoms with Crippen LogP contribution in [0.3, 0.4) is 0 Å². The molecular formula is C17H19BrO6. The van der Waals surface area contributed by atoms with E-state index in [9.17, 15) is 14.4 Å². The average molecular weight is 399 g/mol. The predicted molar refractivity (Wildman–Crippen MR) is 88.7 cm³/mol. The van der Waals surface area contributed by atoms with Gasteiger partial charge in [-0.1, -0.05) is 12.1 Å². The molecule has 0 amide bonds. The normalized spacial score (nSPS) is 20.3. The Balaban J connectivity index is 2.53. The summed E-state index contributed by atoms with van der Waals surface area (Å²) in [5.74, 6) is -2.65. The minimum atomic E-state index is -0.999. The molecule has 3 atom stereocenters. The fraction of sp³-hybridized carbons (Fsp3) is 0.471. The van der Waals surface area contributed by atoms with Crippen LogP contribution in [0.1, 0.15) is 24.8 Å². The highest BCUT2D eigenvalue weighted by Crippen LogP contribution is 2.46. The van der Waals surface area contributed by atoms with Gasteiger partial charge in [-0.25, -0.2) is 0 Å². The van der Waals surface area contributed by atoms with Crippen molar-refractivity contribution in [3.8, 4) is 5.75 Å². The van der Waals surface area contributed by atoms with E-state index in [2.05, 4.69) is 15.9 Å². The second-order valence-corrected chi connectivity index (χ2v) is 6.50. The first-order valence-electron chi connectivity index (χ1n) is 7.47. The van der Waals surface area contributed by atoms with Crippen molar-refractivity contribution in [3.05, 3.63) is 28.2 Å². The monoisotopic (exact) mass is 398 g/mol. The number of methoxy groups -OCH3 is 2. The third-order valence-corrected chi connectivity index (χ3v) is 4.84. The van der Waals surface area contributed by atoms with Crippen molar-refractivity contribution >= 4 is 33.7 Å². The average Bonchev–Trinajstić information content (AvgIpc) is 2.56. The van der Waals surface area contributed by atoms with Gasteiger partial charge in [0.05, 0.1) is 31.7 Å². The molecule has 130 valence electrons. The Morgan fingerprint density at radius 3 is 2.58 bits per heavy atom. The number of ketones is 1. The lowest BCUT2D eigenvalue weighted by molar-refractivity contribution is -0.152. The number of ether oxygens (including phenoxy) is 3. The van der Waals surface area contributed by atoms with E-state index < -0.39 is 23.8 Å². The molecule has 0 saturated heterocycles. The topological polar surface area (TPSA) is 78.9 Å². The van der Waals surface area contributed by atoms with Gasteiger partial charge in [-0.2, -0.15) is 0 Å². The molecule has 0 N–H and O–H groups in total. The highest BCUT2D eigenvalue weighted by molar-refractivity contribution is 9.10. The first kappa shape index (κ1) is 18.4. The second kappa shape index (κ2) is 7.79. The molecule has 0 fully saturated rings. The smallest absolute Gasteiger partial charge is 0.316 e. The molecule has 6 nitrogen and oxygen atoms in total. The van der Waals surface area contributed by atoms with Gasteiger partial charge in [0.25, 0.3) is 0 Å². The molecule has 1 aliphatic rings. The zero-order valence-corrected chi connectivity index (χ0v) is 15.3. The third kappa shape index (κ3) is 3.61. The fourth-order valence-corrected chi connectivity index (χ4v) is 3.61. The summed E-state index contributed by atoms with van der Waals surface area (Å²) in [4.78, 5) is 36.2. The molecule has 7 heteroatoms. The number of benzene rings is 1. The molecule has 0 spiro atoms. The minimum absolute atomic E-state index is 0.0495. The molecule has 0 aromatic heterocycles. The summed E-state index contributed by atoms with van der Waals surface area (Å²) >= 11 is 3.42. The molecule has 0 bridgehead atoms. The van der Waals surface area contributed by atoms with E-state index in [1.165, 1.54) is 21.1 Å². The van der Waals surface area contributed by atoms with Gasteiger partial charge in [0.2, 0.25) is 0 Å². The van der Waals surface area contributed by atoms with Crippen molar-refractivity contribution in [2.24, 2.45) is 11.8 Å². The number of carbonyl (C=O) groups excluding carboxylic acids is 3. The van der Waals surface area contributed by atoms with E-state index in [1.807, 2.05) is 6.07 Å². The maximum Gasteiger partial charge on any atom is 0.316 e. The van der Waals surface area contributed by atoms with Crippen LogP contribution in [0.2, 0.25) is 0 Å². The lowest BCUT2D eigenvalue weighted by Gasteiger charge is -2.36. The number of hydrogen-bond acceptors (Lipinski definition) is 6. The predicted octanol–water partition coefficient (Wildman–Crippen LogP) is 2.48. The van der Waals surface area contributed by atoms with Crippen LogP contribution in [-0.4, -0.2) is 38.5 Å². The molecule has 3 unspecified atom stereocenters. The number of hydrogen-bond donors (Lipinski definition) is 0. The Bertz CT molecular complexity index is 656. The first-order valence-corrected chi connectivity index (χ1v) is 8.26. The van der Waals surface area contributed by atoms with Gasteiger partial charge >= 0.3 is 11.9 Å². The van der Waals surface area contributed by atoms with E-state index in [-0.39, 0.29) is 24.7 Å². The third-order valence-electron chi connectivity index (χ3n) is 4.21. The zero-order valence-electron chi connectivity index (χ0n) is 13.7. The number of rotatable bonds is 5. The van der Waals surface area contributed by atoms with Crippen LogP contribution in [0.15, 0.2) is 22.7 Å². The molecule has 2 rings (SSSR count). The van der Waals surface area contributed by atoms with Crippen molar-refractivity contribution in [2.75, 3.05) is 20.8 Å². The Morgan fingerprint density at radius 2 is 2.00 bits per heavy atom. The lowest BCUT2D eigenvalue weighted by atomic mass is 9.72. The van der Waals surface area contributed by atoms with Gasteiger partial charge in [-0.15, -0.1) is 0 Å². The molecule has 0 aliphatic carbocycles. The van der Waals surface area contributed by atoms with Gasteiger partial charge in [0.15, 0.2) is 0 Å². The SMILES string of the molecule is COC(=O)CC1COc2c(Br)cccc2C1C(C(C)=O)C(=O)OC. The van der Waals surface area contributed by atoms with Crippen LogP contribution in [-0.2, 0) is 23.9 Å². The van der Waals surface area contributed by atoms with E-state index in [0.29, 0.717) is 11.3 Å². The molecule has 1 aliphatic heterocycles. The molecular weight excluding hydrogens is 380 g/mol. The van der Waals surface area contributed by atoms with Crippen LogP contribution in [0.25, 0.3) is 0 Å². The van der Waals surface area contributed by atoms with E-state index in [1.54, 1.807) is 12.1 Å². The van der Waals surface area contributed by atoms with Crippen LogP contribution in [0, 0.1) is 11.8 Å². The molecule has 0 radical (unpaired) electrons. The van der Waals surface area contributed by atoms with Crippen molar-refractivity contribution in [3.63, 3.8) is 0 Å². The number of esters is 2. The standard InChI is InChI=1S/C17H19BrO6/c1-9(19)14(17(21)23-3)15-10(7-13(20)22-2)8-24-16-11(15)5-4-6-12(16)18/h4-6,10,14-15H,7-8H2,1-3H3. The number of carbonyl (C=O) groups is 3. The highest BCUT2D eigenvalue weighted by atomic mass is 79.9. The fourth-order valence-electron chi connectivity index (χ4n) is 3.12. The van der Waals surface area contributed by atoms with Crippen molar-refractivity contribution in [1.29, 1.82) is 0 Å².